The van der Waals surface area contributed by atoms with Gasteiger partial charge in [-0.1, -0.05) is 20.3 Å². The Morgan fingerprint density at radius 1 is 1.12 bits per heavy atom. The minimum absolute atomic E-state index is 0.0196. The topological polar surface area (TPSA) is 49.6 Å². The summed E-state index contributed by atoms with van der Waals surface area (Å²) in [7, 11) is 4.05. The van der Waals surface area contributed by atoms with Crippen LogP contribution in [0.15, 0.2) is 0 Å². The van der Waals surface area contributed by atoms with Crippen LogP contribution in [-0.4, -0.2) is 55.5 Å². The van der Waals surface area contributed by atoms with Crippen molar-refractivity contribution in [2.45, 2.75) is 45.6 Å². The summed E-state index contributed by atoms with van der Waals surface area (Å²) in [4.78, 5) is 16.1. The Labute approximate surface area is 106 Å². The molecule has 0 aromatic heterocycles. The number of nitrogens with zero attached hydrogens (tertiary/aromatic N) is 2. The molecule has 0 saturated heterocycles. The number of amides is 1. The van der Waals surface area contributed by atoms with Gasteiger partial charge in [0.25, 0.3) is 0 Å². The van der Waals surface area contributed by atoms with Crippen molar-refractivity contribution >= 4 is 5.91 Å². The fraction of sp³-hybridized carbons (Fsp3) is 0.923. The van der Waals surface area contributed by atoms with Gasteiger partial charge in [-0.15, -0.1) is 0 Å². The summed E-state index contributed by atoms with van der Waals surface area (Å²) in [5.74, 6) is 0.203. The number of rotatable bonds is 9. The maximum atomic E-state index is 12.1. The second-order valence-corrected chi connectivity index (χ2v) is 4.94. The fourth-order valence-electron chi connectivity index (χ4n) is 1.78. The Bertz CT molecular complexity index is 207. The van der Waals surface area contributed by atoms with Crippen molar-refractivity contribution in [3.63, 3.8) is 0 Å². The molecule has 0 aliphatic rings. The molecule has 0 aromatic rings. The molecule has 2 N–H and O–H groups in total. The van der Waals surface area contributed by atoms with Crippen molar-refractivity contribution in [2.75, 3.05) is 33.7 Å². The molecule has 102 valence electrons. The van der Waals surface area contributed by atoms with E-state index in [1.165, 1.54) is 0 Å². The van der Waals surface area contributed by atoms with Crippen LogP contribution in [0, 0.1) is 0 Å². The second kappa shape index (κ2) is 9.42. The molecule has 0 spiro atoms. The maximum absolute atomic E-state index is 12.1. The summed E-state index contributed by atoms with van der Waals surface area (Å²) in [6.07, 6.45) is 3.46. The normalized spacial score (nSPS) is 12.8. The predicted octanol–water partition coefficient (Wildman–Crippen LogP) is 1.30. The van der Waals surface area contributed by atoms with Gasteiger partial charge in [0.05, 0.1) is 0 Å². The van der Waals surface area contributed by atoms with E-state index >= 15 is 0 Å². The SMILES string of the molecule is CCCC(N)CC(=O)N(CCC)CCN(C)C. The van der Waals surface area contributed by atoms with Crippen LogP contribution < -0.4 is 5.73 Å². The first-order valence-corrected chi connectivity index (χ1v) is 6.69. The predicted molar refractivity (Wildman–Crippen MR) is 72.9 cm³/mol. The van der Waals surface area contributed by atoms with Crippen molar-refractivity contribution < 1.29 is 4.79 Å². The molecule has 1 amide bonds. The Balaban J connectivity index is 4.13. The average molecular weight is 243 g/mol. The van der Waals surface area contributed by atoms with Crippen molar-refractivity contribution in [1.29, 1.82) is 0 Å². The van der Waals surface area contributed by atoms with Crippen LogP contribution >= 0.6 is 0 Å². The van der Waals surface area contributed by atoms with E-state index in [2.05, 4.69) is 18.7 Å². The Kier molecular flexibility index (Phi) is 9.09. The van der Waals surface area contributed by atoms with Gasteiger partial charge in [0.1, 0.15) is 0 Å². The summed E-state index contributed by atoms with van der Waals surface area (Å²) >= 11 is 0. The molecule has 0 bridgehead atoms. The van der Waals surface area contributed by atoms with Gasteiger partial charge in [0.15, 0.2) is 0 Å². The Morgan fingerprint density at radius 3 is 2.24 bits per heavy atom. The molecule has 0 rings (SSSR count). The minimum Gasteiger partial charge on any atom is -0.341 e. The van der Waals surface area contributed by atoms with E-state index in [9.17, 15) is 4.79 Å². The van der Waals surface area contributed by atoms with Crippen LogP contribution in [0.25, 0.3) is 0 Å². The quantitative estimate of drug-likeness (QED) is 0.664. The van der Waals surface area contributed by atoms with E-state index in [-0.39, 0.29) is 11.9 Å². The van der Waals surface area contributed by atoms with Crippen LogP contribution in [0.4, 0.5) is 0 Å². The zero-order valence-electron chi connectivity index (χ0n) is 11.9. The number of hydrogen-bond acceptors (Lipinski definition) is 3. The zero-order valence-corrected chi connectivity index (χ0v) is 11.9. The number of likely N-dealkylation sites (N-methyl/N-ethyl adjacent to an activating group) is 1. The smallest absolute Gasteiger partial charge is 0.224 e. The first-order chi connectivity index (χ1) is 8.01. The lowest BCUT2D eigenvalue weighted by Gasteiger charge is -2.25. The van der Waals surface area contributed by atoms with Crippen LogP contribution in [0.2, 0.25) is 0 Å². The first kappa shape index (κ1) is 16.4. The van der Waals surface area contributed by atoms with Crippen LogP contribution in [-0.2, 0) is 4.79 Å². The van der Waals surface area contributed by atoms with Gasteiger partial charge >= 0.3 is 0 Å². The maximum Gasteiger partial charge on any atom is 0.224 e. The lowest BCUT2D eigenvalue weighted by molar-refractivity contribution is -0.131. The van der Waals surface area contributed by atoms with Gasteiger partial charge in [-0.3, -0.25) is 4.79 Å². The highest BCUT2D eigenvalue weighted by Gasteiger charge is 2.15. The molecule has 0 heterocycles. The lowest BCUT2D eigenvalue weighted by atomic mass is 10.1. The van der Waals surface area contributed by atoms with Crippen LogP contribution in [0.1, 0.15) is 39.5 Å². The van der Waals surface area contributed by atoms with Gasteiger partial charge in [-0.25, -0.2) is 0 Å². The molecule has 0 aliphatic heterocycles. The highest BCUT2D eigenvalue weighted by Crippen LogP contribution is 2.03. The van der Waals surface area contributed by atoms with Gasteiger partial charge < -0.3 is 15.5 Å². The monoisotopic (exact) mass is 243 g/mol. The Morgan fingerprint density at radius 2 is 1.76 bits per heavy atom. The van der Waals surface area contributed by atoms with Crippen LogP contribution in [0.3, 0.4) is 0 Å². The molecule has 4 heteroatoms. The summed E-state index contributed by atoms with van der Waals surface area (Å²) in [5, 5.41) is 0. The highest BCUT2D eigenvalue weighted by molar-refractivity contribution is 5.76. The zero-order chi connectivity index (χ0) is 13.3. The van der Waals surface area contributed by atoms with E-state index in [4.69, 9.17) is 5.73 Å². The van der Waals surface area contributed by atoms with E-state index in [0.29, 0.717) is 6.42 Å². The fourth-order valence-corrected chi connectivity index (χ4v) is 1.78. The van der Waals surface area contributed by atoms with Gasteiger partial charge in [-0.2, -0.15) is 0 Å². The van der Waals surface area contributed by atoms with E-state index < -0.39 is 0 Å². The van der Waals surface area contributed by atoms with Gasteiger partial charge in [0, 0.05) is 32.1 Å². The lowest BCUT2D eigenvalue weighted by Crippen LogP contribution is -2.40. The average Bonchev–Trinajstić information content (AvgIpc) is 2.23. The summed E-state index contributed by atoms with van der Waals surface area (Å²) < 4.78 is 0. The van der Waals surface area contributed by atoms with E-state index in [1.54, 1.807) is 0 Å². The third-order valence-electron chi connectivity index (χ3n) is 2.76. The molecule has 0 aliphatic carbocycles. The van der Waals surface area contributed by atoms with Crippen LogP contribution in [0.5, 0.6) is 0 Å². The molecule has 1 unspecified atom stereocenters. The number of carbonyl (C=O) groups excluding carboxylic acids is 1. The summed E-state index contributed by atoms with van der Waals surface area (Å²) in [6.45, 7) is 6.75. The van der Waals surface area contributed by atoms with Crippen molar-refractivity contribution in [1.82, 2.24) is 9.80 Å². The molecule has 0 saturated carbocycles. The van der Waals surface area contributed by atoms with Crippen molar-refractivity contribution in [3.8, 4) is 0 Å². The molecular formula is C13H29N3O. The Hall–Kier alpha value is -0.610. The standard InChI is InChI=1S/C13H29N3O/c1-5-7-12(14)11-13(17)16(8-6-2)10-9-15(3)4/h12H,5-11,14H2,1-4H3. The third-order valence-corrected chi connectivity index (χ3v) is 2.76. The molecule has 1 atom stereocenters. The molecule has 4 nitrogen and oxygen atoms in total. The summed E-state index contributed by atoms with van der Waals surface area (Å²) in [5.41, 5.74) is 5.92. The molecule has 0 aromatic carbocycles. The number of hydrogen-bond donors (Lipinski definition) is 1. The number of nitrogens with two attached hydrogens (primary N) is 1. The van der Waals surface area contributed by atoms with Gasteiger partial charge in [0.2, 0.25) is 5.91 Å². The van der Waals surface area contributed by atoms with E-state index in [1.807, 2.05) is 19.0 Å². The summed E-state index contributed by atoms with van der Waals surface area (Å²) in [6, 6.07) is 0.0196. The van der Waals surface area contributed by atoms with Crippen molar-refractivity contribution in [2.24, 2.45) is 5.73 Å². The first-order valence-electron chi connectivity index (χ1n) is 6.69. The minimum atomic E-state index is 0.0196. The van der Waals surface area contributed by atoms with E-state index in [0.717, 1.165) is 38.9 Å². The third kappa shape index (κ3) is 8.16. The van der Waals surface area contributed by atoms with Crippen molar-refractivity contribution in [3.05, 3.63) is 0 Å². The highest BCUT2D eigenvalue weighted by atomic mass is 16.2. The number of carbonyl (C=O) groups is 1. The molecule has 0 radical (unpaired) electrons. The largest absolute Gasteiger partial charge is 0.341 e. The molecule has 0 fully saturated rings. The molecule has 17 heavy (non-hydrogen) atoms. The molecular weight excluding hydrogens is 214 g/mol. The van der Waals surface area contributed by atoms with Gasteiger partial charge in [-0.05, 0) is 26.9 Å². The second-order valence-electron chi connectivity index (χ2n) is 4.94.